The van der Waals surface area contributed by atoms with Crippen LogP contribution in [0.4, 0.5) is 0 Å². The monoisotopic (exact) mass is 406 g/mol. The highest BCUT2D eigenvalue weighted by Gasteiger charge is 2.46. The highest BCUT2D eigenvalue weighted by atomic mass is 16.5. The SMILES string of the molecule is C#C[C@]1(O)Cc2c(O)c3c(c(O)c2[C@@H](OC(C)(C)C)C1)C(=O)c1ccccc1C3=O. The molecule has 6 heteroatoms. The summed E-state index contributed by atoms with van der Waals surface area (Å²) in [6.07, 6.45) is 4.44. The number of carbonyl (C=O) groups excluding carboxylic acids is 2. The Bertz CT molecular complexity index is 1150. The number of aliphatic hydroxyl groups is 1. The second-order valence-electron chi connectivity index (χ2n) is 8.82. The number of phenolic OH excluding ortho intramolecular Hbond substituents is 2. The van der Waals surface area contributed by atoms with Gasteiger partial charge in [0, 0.05) is 35.1 Å². The Morgan fingerprint density at radius 3 is 2.10 bits per heavy atom. The summed E-state index contributed by atoms with van der Waals surface area (Å²) in [5.41, 5.74) is -2.22. The number of hydrogen-bond acceptors (Lipinski definition) is 6. The minimum atomic E-state index is -1.64. The molecule has 0 aliphatic heterocycles. The van der Waals surface area contributed by atoms with Crippen LogP contribution in [-0.4, -0.2) is 38.1 Å². The fourth-order valence-corrected chi connectivity index (χ4v) is 4.32. The highest BCUT2D eigenvalue weighted by molar-refractivity contribution is 6.30. The van der Waals surface area contributed by atoms with Crippen LogP contribution in [-0.2, 0) is 11.2 Å². The largest absolute Gasteiger partial charge is 0.507 e. The van der Waals surface area contributed by atoms with Crippen molar-refractivity contribution in [3.8, 4) is 23.8 Å². The zero-order chi connectivity index (χ0) is 22.0. The van der Waals surface area contributed by atoms with Crippen molar-refractivity contribution >= 4 is 11.6 Å². The van der Waals surface area contributed by atoms with Gasteiger partial charge in [-0.05, 0) is 20.8 Å². The summed E-state index contributed by atoms with van der Waals surface area (Å²) in [5.74, 6) is 0.333. The van der Waals surface area contributed by atoms with Crippen LogP contribution in [0.5, 0.6) is 11.5 Å². The van der Waals surface area contributed by atoms with E-state index in [0.717, 1.165) is 0 Å². The van der Waals surface area contributed by atoms with Gasteiger partial charge in [-0.15, -0.1) is 6.42 Å². The Balaban J connectivity index is 2.03. The Morgan fingerprint density at radius 2 is 1.60 bits per heavy atom. The van der Waals surface area contributed by atoms with Crippen LogP contribution in [0.3, 0.4) is 0 Å². The lowest BCUT2D eigenvalue weighted by atomic mass is 9.73. The van der Waals surface area contributed by atoms with E-state index in [9.17, 15) is 24.9 Å². The summed E-state index contributed by atoms with van der Waals surface area (Å²) in [6.45, 7) is 5.41. The first kappa shape index (κ1) is 20.1. The number of rotatable bonds is 1. The van der Waals surface area contributed by atoms with Gasteiger partial charge < -0.3 is 20.1 Å². The molecule has 2 atom stereocenters. The number of phenols is 2. The van der Waals surface area contributed by atoms with Crippen molar-refractivity contribution in [2.45, 2.75) is 50.9 Å². The molecule has 30 heavy (non-hydrogen) atoms. The molecule has 2 aromatic rings. The summed E-state index contributed by atoms with van der Waals surface area (Å²) in [6, 6.07) is 6.25. The molecule has 0 saturated carbocycles. The first-order valence-electron chi connectivity index (χ1n) is 9.64. The maximum atomic E-state index is 13.1. The summed E-state index contributed by atoms with van der Waals surface area (Å²) in [5, 5.41) is 33.0. The van der Waals surface area contributed by atoms with Crippen molar-refractivity contribution in [3.05, 3.63) is 57.6 Å². The van der Waals surface area contributed by atoms with Crippen LogP contribution < -0.4 is 0 Å². The molecule has 4 rings (SSSR count). The van der Waals surface area contributed by atoms with Crippen molar-refractivity contribution in [3.63, 3.8) is 0 Å². The lowest BCUT2D eigenvalue weighted by molar-refractivity contribution is -0.0956. The molecule has 2 aliphatic carbocycles. The third kappa shape index (κ3) is 2.90. The fraction of sp³-hybridized carbons (Fsp3) is 0.333. The van der Waals surface area contributed by atoms with Crippen molar-refractivity contribution in [2.75, 3.05) is 0 Å². The molecule has 0 aromatic heterocycles. The highest BCUT2D eigenvalue weighted by Crippen LogP contribution is 2.51. The average Bonchev–Trinajstić information content (AvgIpc) is 2.67. The molecule has 0 bridgehead atoms. The summed E-state index contributed by atoms with van der Waals surface area (Å²) < 4.78 is 6.04. The molecule has 0 spiro atoms. The first-order valence-corrected chi connectivity index (χ1v) is 9.64. The van der Waals surface area contributed by atoms with Crippen LogP contribution in [0.1, 0.15) is 76.3 Å². The molecule has 3 N–H and O–H groups in total. The van der Waals surface area contributed by atoms with Gasteiger partial charge >= 0.3 is 0 Å². The summed E-state index contributed by atoms with van der Waals surface area (Å²) in [4.78, 5) is 26.2. The minimum absolute atomic E-state index is 0.0295. The van der Waals surface area contributed by atoms with Crippen molar-refractivity contribution in [1.29, 1.82) is 0 Å². The van der Waals surface area contributed by atoms with Crippen LogP contribution in [0, 0.1) is 12.3 Å². The predicted octanol–water partition coefficient (Wildman–Crippen LogP) is 3.04. The Hall–Kier alpha value is -3.14. The van der Waals surface area contributed by atoms with Gasteiger partial charge in [-0.3, -0.25) is 9.59 Å². The molecule has 2 aromatic carbocycles. The number of carbonyl (C=O) groups is 2. The van der Waals surface area contributed by atoms with E-state index >= 15 is 0 Å². The minimum Gasteiger partial charge on any atom is -0.507 e. The van der Waals surface area contributed by atoms with E-state index in [4.69, 9.17) is 11.2 Å². The van der Waals surface area contributed by atoms with E-state index in [1.807, 2.05) is 0 Å². The molecule has 2 aliphatic rings. The fourth-order valence-electron chi connectivity index (χ4n) is 4.32. The van der Waals surface area contributed by atoms with Crippen LogP contribution in [0.15, 0.2) is 24.3 Å². The third-order valence-electron chi connectivity index (χ3n) is 5.54. The number of fused-ring (bicyclic) bond motifs is 3. The number of benzene rings is 2. The molecule has 0 unspecified atom stereocenters. The Labute approximate surface area is 174 Å². The van der Waals surface area contributed by atoms with Gasteiger partial charge in [-0.25, -0.2) is 0 Å². The van der Waals surface area contributed by atoms with Gasteiger partial charge in [-0.2, -0.15) is 0 Å². The van der Waals surface area contributed by atoms with E-state index < -0.39 is 40.4 Å². The first-order chi connectivity index (χ1) is 14.0. The summed E-state index contributed by atoms with van der Waals surface area (Å²) in [7, 11) is 0. The lowest BCUT2D eigenvalue weighted by Gasteiger charge is -2.39. The smallest absolute Gasteiger partial charge is 0.198 e. The molecule has 0 saturated heterocycles. The van der Waals surface area contributed by atoms with Crippen LogP contribution >= 0.6 is 0 Å². The van der Waals surface area contributed by atoms with Gasteiger partial charge in [0.05, 0.1) is 22.8 Å². The molecule has 0 amide bonds. The van der Waals surface area contributed by atoms with E-state index in [1.165, 1.54) is 12.1 Å². The normalized spacial score (nSPS) is 22.7. The van der Waals surface area contributed by atoms with E-state index in [2.05, 4.69) is 5.92 Å². The molecule has 0 heterocycles. The standard InChI is InChI=1S/C24H22O6/c1-5-24(29)10-14-16(15(11-24)30-23(2,3)4)22(28)18-17(21(14)27)19(25)12-8-6-7-9-13(12)20(18)26/h1,6-9,15,27-29H,10-11H2,2-4H3/t15-,24-/m0/s1. The molecular weight excluding hydrogens is 384 g/mol. The molecular formula is C24H22O6. The number of ether oxygens (including phenoxy) is 1. The number of hydrogen-bond donors (Lipinski definition) is 3. The van der Waals surface area contributed by atoms with Crippen molar-refractivity contribution in [1.82, 2.24) is 0 Å². The van der Waals surface area contributed by atoms with Crippen LogP contribution in [0.2, 0.25) is 0 Å². The van der Waals surface area contributed by atoms with E-state index in [-0.39, 0.29) is 46.2 Å². The van der Waals surface area contributed by atoms with Gasteiger partial charge in [0.25, 0.3) is 0 Å². The number of terminal acetylenes is 1. The van der Waals surface area contributed by atoms with Crippen LogP contribution in [0.25, 0.3) is 0 Å². The Kier molecular flexibility index (Phi) is 4.32. The topological polar surface area (TPSA) is 104 Å². The zero-order valence-electron chi connectivity index (χ0n) is 16.9. The predicted molar refractivity (Wildman–Crippen MR) is 109 cm³/mol. The second kappa shape index (κ2) is 6.43. The van der Waals surface area contributed by atoms with Gasteiger partial charge in [0.1, 0.15) is 17.1 Å². The third-order valence-corrected chi connectivity index (χ3v) is 5.54. The maximum absolute atomic E-state index is 13.1. The van der Waals surface area contributed by atoms with E-state index in [1.54, 1.807) is 32.9 Å². The number of ketones is 2. The maximum Gasteiger partial charge on any atom is 0.198 e. The lowest BCUT2D eigenvalue weighted by Crippen LogP contribution is -2.39. The molecule has 0 radical (unpaired) electrons. The van der Waals surface area contributed by atoms with Gasteiger partial charge in [-0.1, -0.05) is 30.2 Å². The molecule has 0 fully saturated rings. The number of aromatic hydroxyl groups is 2. The Morgan fingerprint density at radius 1 is 1.07 bits per heavy atom. The van der Waals surface area contributed by atoms with Crippen molar-refractivity contribution < 1.29 is 29.6 Å². The average molecular weight is 406 g/mol. The molecule has 154 valence electrons. The second-order valence-corrected chi connectivity index (χ2v) is 8.82. The quantitative estimate of drug-likeness (QED) is 0.424. The zero-order valence-corrected chi connectivity index (χ0v) is 16.9. The molecule has 6 nitrogen and oxygen atoms in total. The summed E-state index contributed by atoms with van der Waals surface area (Å²) >= 11 is 0. The van der Waals surface area contributed by atoms with Gasteiger partial charge in [0.15, 0.2) is 11.6 Å². The van der Waals surface area contributed by atoms with E-state index in [0.29, 0.717) is 0 Å². The van der Waals surface area contributed by atoms with Gasteiger partial charge in [0.2, 0.25) is 0 Å². The van der Waals surface area contributed by atoms with Crippen molar-refractivity contribution in [2.24, 2.45) is 0 Å².